The predicted octanol–water partition coefficient (Wildman–Crippen LogP) is 2.93. The number of hydrogen-bond donors (Lipinski definition) is 1. The van der Waals surface area contributed by atoms with E-state index < -0.39 is 0 Å². The van der Waals surface area contributed by atoms with E-state index in [2.05, 4.69) is 50.2 Å². The molecule has 0 aliphatic heterocycles. The third kappa shape index (κ3) is 5.62. The van der Waals surface area contributed by atoms with Crippen molar-refractivity contribution in [3.8, 4) is 5.75 Å². The SMILES string of the molecule is CNC(CN(C)CC(C)(C)C)c1cccc(OC)c1. The molecular weight excluding hydrogens is 236 g/mol. The van der Waals surface area contributed by atoms with Crippen LogP contribution in [0.25, 0.3) is 0 Å². The first kappa shape index (κ1) is 16.0. The van der Waals surface area contributed by atoms with E-state index in [0.29, 0.717) is 11.5 Å². The van der Waals surface area contributed by atoms with Gasteiger partial charge in [-0.1, -0.05) is 32.9 Å². The Bertz CT molecular complexity index is 385. The molecule has 1 N–H and O–H groups in total. The van der Waals surface area contributed by atoms with Gasteiger partial charge in [-0.2, -0.15) is 0 Å². The number of nitrogens with one attached hydrogen (secondary N) is 1. The maximum Gasteiger partial charge on any atom is 0.119 e. The standard InChI is InChI=1S/C16H28N2O/c1-16(2,3)12-18(5)11-15(17-4)13-8-7-9-14(10-13)19-6/h7-10,15,17H,11-12H2,1-6H3. The fraction of sp³-hybridized carbons (Fsp3) is 0.625. The monoisotopic (exact) mass is 264 g/mol. The maximum atomic E-state index is 5.29. The molecule has 3 nitrogen and oxygen atoms in total. The van der Waals surface area contributed by atoms with Crippen LogP contribution >= 0.6 is 0 Å². The van der Waals surface area contributed by atoms with Gasteiger partial charge in [-0.3, -0.25) is 0 Å². The first-order valence-corrected chi connectivity index (χ1v) is 6.85. The summed E-state index contributed by atoms with van der Waals surface area (Å²) in [6, 6.07) is 8.60. The van der Waals surface area contributed by atoms with Crippen LogP contribution < -0.4 is 10.1 Å². The van der Waals surface area contributed by atoms with Crippen LogP contribution in [0.3, 0.4) is 0 Å². The van der Waals surface area contributed by atoms with Crippen molar-refractivity contribution in [2.24, 2.45) is 5.41 Å². The number of methoxy groups -OCH3 is 1. The summed E-state index contributed by atoms with van der Waals surface area (Å²) in [5.41, 5.74) is 1.59. The molecular formula is C16H28N2O. The van der Waals surface area contributed by atoms with E-state index in [1.165, 1.54) is 5.56 Å². The van der Waals surface area contributed by atoms with Gasteiger partial charge in [0.25, 0.3) is 0 Å². The van der Waals surface area contributed by atoms with Crippen molar-refractivity contribution in [3.05, 3.63) is 29.8 Å². The zero-order valence-corrected chi connectivity index (χ0v) is 13.2. The van der Waals surface area contributed by atoms with Crippen LogP contribution in [-0.2, 0) is 0 Å². The fourth-order valence-corrected chi connectivity index (χ4v) is 2.41. The molecule has 0 saturated carbocycles. The lowest BCUT2D eigenvalue weighted by atomic mass is 9.95. The van der Waals surface area contributed by atoms with Gasteiger partial charge in [-0.05, 0) is 37.2 Å². The molecule has 0 radical (unpaired) electrons. The molecule has 0 bridgehead atoms. The minimum atomic E-state index is 0.321. The van der Waals surface area contributed by atoms with Crippen LogP contribution in [-0.4, -0.2) is 39.2 Å². The zero-order valence-electron chi connectivity index (χ0n) is 13.2. The molecule has 1 rings (SSSR count). The Morgan fingerprint density at radius 3 is 2.53 bits per heavy atom. The molecule has 0 heterocycles. The van der Waals surface area contributed by atoms with Crippen molar-refractivity contribution < 1.29 is 4.74 Å². The minimum absolute atomic E-state index is 0.321. The van der Waals surface area contributed by atoms with E-state index in [4.69, 9.17) is 4.74 Å². The lowest BCUT2D eigenvalue weighted by Crippen LogP contribution is -2.36. The minimum Gasteiger partial charge on any atom is -0.497 e. The van der Waals surface area contributed by atoms with Gasteiger partial charge in [-0.25, -0.2) is 0 Å². The molecule has 0 fully saturated rings. The van der Waals surface area contributed by atoms with Gasteiger partial charge in [0.2, 0.25) is 0 Å². The Labute approximate surface area is 118 Å². The highest BCUT2D eigenvalue weighted by atomic mass is 16.5. The molecule has 0 aliphatic rings. The van der Waals surface area contributed by atoms with Crippen LogP contribution in [0, 0.1) is 5.41 Å². The Morgan fingerprint density at radius 1 is 1.32 bits per heavy atom. The Morgan fingerprint density at radius 2 is 2.00 bits per heavy atom. The van der Waals surface area contributed by atoms with E-state index in [0.717, 1.165) is 18.8 Å². The highest BCUT2D eigenvalue weighted by Crippen LogP contribution is 2.21. The average Bonchev–Trinajstić information content (AvgIpc) is 2.34. The summed E-state index contributed by atoms with van der Waals surface area (Å²) in [6.07, 6.45) is 0. The van der Waals surface area contributed by atoms with Crippen molar-refractivity contribution in [1.29, 1.82) is 0 Å². The summed E-state index contributed by atoms with van der Waals surface area (Å²) in [4.78, 5) is 2.38. The summed E-state index contributed by atoms with van der Waals surface area (Å²) in [7, 11) is 5.89. The van der Waals surface area contributed by atoms with E-state index in [9.17, 15) is 0 Å². The molecule has 3 heteroatoms. The first-order valence-electron chi connectivity index (χ1n) is 6.85. The van der Waals surface area contributed by atoms with Crippen molar-refractivity contribution in [2.75, 3.05) is 34.3 Å². The van der Waals surface area contributed by atoms with Crippen LogP contribution in [0.2, 0.25) is 0 Å². The van der Waals surface area contributed by atoms with Crippen molar-refractivity contribution in [2.45, 2.75) is 26.8 Å². The van der Waals surface area contributed by atoms with E-state index in [1.54, 1.807) is 7.11 Å². The van der Waals surface area contributed by atoms with Crippen LogP contribution in [0.4, 0.5) is 0 Å². The Balaban J connectivity index is 2.72. The van der Waals surface area contributed by atoms with Crippen LogP contribution in [0.1, 0.15) is 32.4 Å². The molecule has 0 saturated heterocycles. The number of likely N-dealkylation sites (N-methyl/N-ethyl adjacent to an activating group) is 2. The lowest BCUT2D eigenvalue weighted by Gasteiger charge is -2.30. The summed E-state index contributed by atoms with van der Waals surface area (Å²) in [6.45, 7) is 8.87. The largest absolute Gasteiger partial charge is 0.497 e. The number of rotatable bonds is 6. The lowest BCUT2D eigenvalue weighted by molar-refractivity contribution is 0.210. The molecule has 19 heavy (non-hydrogen) atoms. The second kappa shape index (κ2) is 6.92. The van der Waals surface area contributed by atoms with Crippen molar-refractivity contribution >= 4 is 0 Å². The van der Waals surface area contributed by atoms with E-state index in [-0.39, 0.29) is 0 Å². The van der Waals surface area contributed by atoms with Gasteiger partial charge < -0.3 is 15.0 Å². The molecule has 0 aromatic heterocycles. The number of benzene rings is 1. The fourth-order valence-electron chi connectivity index (χ4n) is 2.41. The van der Waals surface area contributed by atoms with E-state index in [1.807, 2.05) is 19.2 Å². The molecule has 0 aliphatic carbocycles. The Hall–Kier alpha value is -1.06. The first-order chi connectivity index (χ1) is 8.85. The summed E-state index contributed by atoms with van der Waals surface area (Å²) < 4.78 is 5.29. The smallest absolute Gasteiger partial charge is 0.119 e. The molecule has 1 unspecified atom stereocenters. The van der Waals surface area contributed by atoms with Crippen LogP contribution in [0.15, 0.2) is 24.3 Å². The summed E-state index contributed by atoms with van der Waals surface area (Å²) >= 11 is 0. The molecule has 0 amide bonds. The number of hydrogen-bond acceptors (Lipinski definition) is 3. The number of ether oxygens (including phenoxy) is 1. The summed E-state index contributed by atoms with van der Waals surface area (Å²) in [5.74, 6) is 0.913. The van der Waals surface area contributed by atoms with Gasteiger partial charge in [0.15, 0.2) is 0 Å². The molecule has 108 valence electrons. The Kier molecular flexibility index (Phi) is 5.83. The third-order valence-electron chi connectivity index (χ3n) is 3.08. The van der Waals surface area contributed by atoms with Gasteiger partial charge in [-0.15, -0.1) is 0 Å². The average molecular weight is 264 g/mol. The third-order valence-corrected chi connectivity index (χ3v) is 3.08. The summed E-state index contributed by atoms with van der Waals surface area (Å²) in [5, 5.41) is 3.39. The van der Waals surface area contributed by atoms with E-state index >= 15 is 0 Å². The quantitative estimate of drug-likeness (QED) is 0.855. The van der Waals surface area contributed by atoms with Gasteiger partial charge in [0.05, 0.1) is 7.11 Å². The normalized spacial score (nSPS) is 13.6. The molecule has 0 spiro atoms. The molecule has 1 atom stereocenters. The van der Waals surface area contributed by atoms with Crippen molar-refractivity contribution in [1.82, 2.24) is 10.2 Å². The van der Waals surface area contributed by atoms with Crippen molar-refractivity contribution in [3.63, 3.8) is 0 Å². The van der Waals surface area contributed by atoms with Gasteiger partial charge >= 0.3 is 0 Å². The zero-order chi connectivity index (χ0) is 14.5. The highest BCUT2D eigenvalue weighted by Gasteiger charge is 2.17. The molecule has 1 aromatic carbocycles. The molecule has 1 aromatic rings. The predicted molar refractivity (Wildman–Crippen MR) is 81.7 cm³/mol. The topological polar surface area (TPSA) is 24.5 Å². The van der Waals surface area contributed by atoms with Gasteiger partial charge in [0.1, 0.15) is 5.75 Å². The second-order valence-corrected chi connectivity index (χ2v) is 6.38. The van der Waals surface area contributed by atoms with Gasteiger partial charge in [0, 0.05) is 19.1 Å². The maximum absolute atomic E-state index is 5.29. The number of nitrogens with zero attached hydrogens (tertiary/aromatic N) is 1. The highest BCUT2D eigenvalue weighted by molar-refractivity contribution is 5.30. The second-order valence-electron chi connectivity index (χ2n) is 6.38. The van der Waals surface area contributed by atoms with Crippen LogP contribution in [0.5, 0.6) is 5.75 Å².